The van der Waals surface area contributed by atoms with Crippen molar-refractivity contribution >= 4 is 5.97 Å². The zero-order valence-electron chi connectivity index (χ0n) is 19.3. The van der Waals surface area contributed by atoms with Crippen molar-refractivity contribution in [1.29, 1.82) is 0 Å². The highest BCUT2D eigenvalue weighted by molar-refractivity contribution is 5.78. The third kappa shape index (κ3) is 5.59. The van der Waals surface area contributed by atoms with Crippen LogP contribution in [-0.4, -0.2) is 5.97 Å². The zero-order valence-corrected chi connectivity index (χ0v) is 19.3. The maximum Gasteiger partial charge on any atom is 0.313 e. The molecule has 0 aliphatic carbocycles. The molecule has 0 radical (unpaired) electrons. The highest BCUT2D eigenvalue weighted by Crippen LogP contribution is 2.52. The van der Waals surface area contributed by atoms with Crippen LogP contribution in [0.1, 0.15) is 94.2 Å². The summed E-state index contributed by atoms with van der Waals surface area (Å²) in [7, 11) is 0. The van der Waals surface area contributed by atoms with Crippen molar-refractivity contribution in [2.75, 3.05) is 0 Å². The van der Waals surface area contributed by atoms with Gasteiger partial charge in [0.2, 0.25) is 0 Å². The molecule has 1 rings (SSSR count). The first-order valence-electron chi connectivity index (χ1n) is 9.87. The molecule has 2 heteroatoms. The van der Waals surface area contributed by atoms with Gasteiger partial charge in [-0.25, -0.2) is 0 Å². The maximum atomic E-state index is 12.9. The summed E-state index contributed by atoms with van der Waals surface area (Å²) in [5.41, 5.74) is 1.52. The third-order valence-corrected chi connectivity index (χ3v) is 5.60. The van der Waals surface area contributed by atoms with Crippen molar-refractivity contribution in [3.8, 4) is 0 Å². The fraction of sp³-hybridized carbons (Fsp3) is 0.708. The van der Waals surface area contributed by atoms with Gasteiger partial charge in [-0.2, -0.15) is 0 Å². The SMILES string of the molecule is CC.CC(C)(C)c1ccc(COC(=O)C(C)(C(C)(C)C)C(C)(C)C)cc1. The van der Waals surface area contributed by atoms with Crippen LogP contribution in [0.2, 0.25) is 0 Å². The van der Waals surface area contributed by atoms with Crippen LogP contribution in [0.4, 0.5) is 0 Å². The lowest BCUT2D eigenvalue weighted by Crippen LogP contribution is -2.50. The molecule has 0 spiro atoms. The highest BCUT2D eigenvalue weighted by Gasteiger charge is 2.53. The molecule has 0 saturated carbocycles. The van der Waals surface area contributed by atoms with E-state index in [4.69, 9.17) is 4.74 Å². The molecule has 0 saturated heterocycles. The molecule has 0 N–H and O–H groups in total. The second-order valence-corrected chi connectivity index (χ2v) is 10.1. The van der Waals surface area contributed by atoms with E-state index in [0.29, 0.717) is 6.61 Å². The van der Waals surface area contributed by atoms with Gasteiger partial charge >= 0.3 is 5.97 Å². The van der Waals surface area contributed by atoms with Crippen LogP contribution in [0.15, 0.2) is 24.3 Å². The Kier molecular flexibility index (Phi) is 8.15. The van der Waals surface area contributed by atoms with Crippen LogP contribution in [0, 0.1) is 16.2 Å². The van der Waals surface area contributed by atoms with Gasteiger partial charge in [-0.1, -0.05) is 100 Å². The first-order chi connectivity index (χ1) is 11.6. The lowest BCUT2D eigenvalue weighted by atomic mass is 9.55. The van der Waals surface area contributed by atoms with E-state index in [0.717, 1.165) is 5.56 Å². The minimum atomic E-state index is -0.564. The van der Waals surface area contributed by atoms with E-state index in [1.54, 1.807) is 0 Å². The van der Waals surface area contributed by atoms with Crippen LogP contribution in [0.5, 0.6) is 0 Å². The Morgan fingerprint density at radius 2 is 1.15 bits per heavy atom. The molecule has 0 aliphatic rings. The van der Waals surface area contributed by atoms with Gasteiger partial charge in [0.25, 0.3) is 0 Å². The summed E-state index contributed by atoms with van der Waals surface area (Å²) in [6.07, 6.45) is 0. The summed E-state index contributed by atoms with van der Waals surface area (Å²) < 4.78 is 5.73. The van der Waals surface area contributed by atoms with Crippen LogP contribution in [-0.2, 0) is 21.6 Å². The number of ether oxygens (including phenoxy) is 1. The van der Waals surface area contributed by atoms with Gasteiger partial charge in [0.05, 0.1) is 5.41 Å². The van der Waals surface area contributed by atoms with Gasteiger partial charge in [0, 0.05) is 0 Å². The quantitative estimate of drug-likeness (QED) is 0.533. The molecular weight excluding hydrogens is 320 g/mol. The third-order valence-electron chi connectivity index (χ3n) is 5.60. The second-order valence-electron chi connectivity index (χ2n) is 10.1. The lowest BCUT2D eigenvalue weighted by Gasteiger charge is -2.48. The molecule has 0 fully saturated rings. The lowest BCUT2D eigenvalue weighted by molar-refractivity contribution is -0.174. The van der Waals surface area contributed by atoms with Crippen molar-refractivity contribution in [3.63, 3.8) is 0 Å². The van der Waals surface area contributed by atoms with Crippen LogP contribution < -0.4 is 0 Å². The minimum absolute atomic E-state index is 0.123. The monoisotopic (exact) mass is 362 g/mol. The summed E-state index contributed by atoms with van der Waals surface area (Å²) in [4.78, 5) is 12.9. The summed E-state index contributed by atoms with van der Waals surface area (Å²) >= 11 is 0. The van der Waals surface area contributed by atoms with Gasteiger partial charge in [-0.15, -0.1) is 0 Å². The predicted molar refractivity (Wildman–Crippen MR) is 113 cm³/mol. The van der Waals surface area contributed by atoms with Gasteiger partial charge in [-0.05, 0) is 34.3 Å². The number of carbonyl (C=O) groups is 1. The fourth-order valence-electron chi connectivity index (χ4n) is 3.13. The Morgan fingerprint density at radius 3 is 1.46 bits per heavy atom. The minimum Gasteiger partial charge on any atom is -0.460 e. The first kappa shape index (κ1) is 24.7. The molecule has 0 unspecified atom stereocenters. The van der Waals surface area contributed by atoms with E-state index in [1.165, 1.54) is 5.56 Å². The van der Waals surface area contributed by atoms with E-state index in [9.17, 15) is 4.79 Å². The second kappa shape index (κ2) is 8.59. The molecule has 0 amide bonds. The number of carbonyl (C=O) groups excluding carboxylic acids is 1. The Balaban J connectivity index is 0.00000301. The Morgan fingerprint density at radius 1 is 0.769 bits per heavy atom. The van der Waals surface area contributed by atoms with Gasteiger partial charge in [-0.3, -0.25) is 4.79 Å². The summed E-state index contributed by atoms with van der Waals surface area (Å²) in [6, 6.07) is 8.35. The Bertz CT molecular complexity index is 546. The normalized spacial score (nSPS) is 12.9. The predicted octanol–water partition coefficient (Wildman–Crippen LogP) is 7.15. The molecule has 0 aromatic heterocycles. The zero-order chi connectivity index (χ0) is 21.0. The molecular formula is C24H42O2. The molecule has 0 bridgehead atoms. The molecule has 0 aliphatic heterocycles. The average Bonchev–Trinajstić information content (AvgIpc) is 2.51. The molecule has 0 heterocycles. The number of rotatable bonds is 3. The number of hydrogen-bond acceptors (Lipinski definition) is 2. The first-order valence-corrected chi connectivity index (χ1v) is 9.87. The van der Waals surface area contributed by atoms with Crippen molar-refractivity contribution in [2.45, 2.75) is 95.1 Å². The molecule has 26 heavy (non-hydrogen) atoms. The number of esters is 1. The van der Waals surface area contributed by atoms with Crippen molar-refractivity contribution in [2.24, 2.45) is 16.2 Å². The van der Waals surface area contributed by atoms with Crippen LogP contribution in [0.25, 0.3) is 0 Å². The largest absolute Gasteiger partial charge is 0.460 e. The van der Waals surface area contributed by atoms with Gasteiger partial charge < -0.3 is 4.74 Å². The van der Waals surface area contributed by atoms with Gasteiger partial charge in [0.1, 0.15) is 6.61 Å². The molecule has 1 aromatic rings. The van der Waals surface area contributed by atoms with Crippen molar-refractivity contribution in [3.05, 3.63) is 35.4 Å². The van der Waals surface area contributed by atoms with E-state index in [-0.39, 0.29) is 22.2 Å². The van der Waals surface area contributed by atoms with E-state index in [1.807, 2.05) is 20.8 Å². The Hall–Kier alpha value is -1.31. The number of hydrogen-bond donors (Lipinski definition) is 0. The molecule has 0 atom stereocenters. The van der Waals surface area contributed by atoms with E-state index >= 15 is 0 Å². The van der Waals surface area contributed by atoms with E-state index in [2.05, 4.69) is 86.6 Å². The van der Waals surface area contributed by atoms with Crippen molar-refractivity contribution < 1.29 is 9.53 Å². The maximum absolute atomic E-state index is 12.9. The summed E-state index contributed by atoms with van der Waals surface area (Å²) in [6.45, 7) is 25.6. The Labute approximate surface area is 162 Å². The highest BCUT2D eigenvalue weighted by atomic mass is 16.5. The molecule has 150 valence electrons. The average molecular weight is 363 g/mol. The van der Waals surface area contributed by atoms with Crippen molar-refractivity contribution in [1.82, 2.24) is 0 Å². The van der Waals surface area contributed by atoms with Gasteiger partial charge in [0.15, 0.2) is 0 Å². The molecule has 1 aromatic carbocycles. The summed E-state index contributed by atoms with van der Waals surface area (Å²) in [5, 5.41) is 0. The number of benzene rings is 1. The fourth-order valence-corrected chi connectivity index (χ4v) is 3.13. The summed E-state index contributed by atoms with van der Waals surface area (Å²) in [5.74, 6) is -0.123. The smallest absolute Gasteiger partial charge is 0.313 e. The standard InChI is InChI=1S/C22H36O2.C2H6/c1-19(2,3)17-13-11-16(12-14-17)15-24-18(23)22(10,20(4,5)6)21(7,8)9;1-2/h11-14H,15H2,1-10H3;1-2H3. The molecule has 2 nitrogen and oxygen atoms in total. The van der Waals surface area contributed by atoms with E-state index < -0.39 is 5.41 Å². The van der Waals surface area contributed by atoms with Crippen LogP contribution in [0.3, 0.4) is 0 Å². The topological polar surface area (TPSA) is 26.3 Å². The van der Waals surface area contributed by atoms with Crippen LogP contribution >= 0.6 is 0 Å².